The number of fused-ring (bicyclic) bond motifs is 1. The summed E-state index contributed by atoms with van der Waals surface area (Å²) < 4.78 is 5.66. The van der Waals surface area contributed by atoms with Gasteiger partial charge in [-0.25, -0.2) is 0 Å². The average molecular weight is 275 g/mol. The number of amides is 1. The zero-order valence-corrected chi connectivity index (χ0v) is 11.5. The van der Waals surface area contributed by atoms with Gasteiger partial charge in [-0.3, -0.25) is 9.59 Å². The quantitative estimate of drug-likeness (QED) is 0.910. The van der Waals surface area contributed by atoms with E-state index in [0.29, 0.717) is 5.76 Å². The molecule has 0 saturated carbocycles. The molecule has 1 unspecified atom stereocenters. The molecule has 2 rings (SSSR count). The Hall–Kier alpha value is -2.30. The van der Waals surface area contributed by atoms with Gasteiger partial charge in [0, 0.05) is 19.0 Å². The van der Waals surface area contributed by atoms with Crippen molar-refractivity contribution in [2.24, 2.45) is 0 Å². The van der Waals surface area contributed by atoms with E-state index in [1.807, 2.05) is 30.3 Å². The average Bonchev–Trinajstić information content (AvgIpc) is 2.86. The number of benzene rings is 1. The van der Waals surface area contributed by atoms with Gasteiger partial charge in [-0.15, -0.1) is 0 Å². The van der Waals surface area contributed by atoms with Gasteiger partial charge in [-0.05, 0) is 19.1 Å². The Balaban J connectivity index is 2.11. The largest absolute Gasteiger partial charge is 0.481 e. The van der Waals surface area contributed by atoms with E-state index in [0.717, 1.165) is 11.0 Å². The normalized spacial score (nSPS) is 12.3. The van der Waals surface area contributed by atoms with Gasteiger partial charge in [-0.1, -0.05) is 18.2 Å². The van der Waals surface area contributed by atoms with Crippen LogP contribution in [-0.4, -0.2) is 35.5 Å². The van der Waals surface area contributed by atoms with Gasteiger partial charge in [0.15, 0.2) is 0 Å². The van der Waals surface area contributed by atoms with Crippen LogP contribution in [0.15, 0.2) is 34.7 Å². The van der Waals surface area contributed by atoms with Crippen LogP contribution in [0.25, 0.3) is 11.0 Å². The fourth-order valence-electron chi connectivity index (χ4n) is 2.04. The number of hydrogen-bond acceptors (Lipinski definition) is 3. The van der Waals surface area contributed by atoms with E-state index in [1.165, 1.54) is 4.90 Å². The molecular weight excluding hydrogens is 258 g/mol. The van der Waals surface area contributed by atoms with E-state index in [9.17, 15) is 9.59 Å². The first-order valence-electron chi connectivity index (χ1n) is 6.44. The highest BCUT2D eigenvalue weighted by Gasteiger charge is 2.22. The highest BCUT2D eigenvalue weighted by atomic mass is 16.4. The van der Waals surface area contributed by atoms with E-state index in [4.69, 9.17) is 9.52 Å². The molecule has 0 radical (unpaired) electrons. The van der Waals surface area contributed by atoms with Crippen LogP contribution in [0, 0.1) is 0 Å². The summed E-state index contributed by atoms with van der Waals surface area (Å²) in [6, 6.07) is 9.41. The van der Waals surface area contributed by atoms with Crippen LogP contribution in [0.3, 0.4) is 0 Å². The van der Waals surface area contributed by atoms with Crippen molar-refractivity contribution in [3.8, 4) is 0 Å². The number of rotatable bonds is 5. The number of carboxylic acids is 1. The number of aliphatic carboxylic acids is 1. The minimum absolute atomic E-state index is 0.0604. The zero-order valence-electron chi connectivity index (χ0n) is 11.5. The highest BCUT2D eigenvalue weighted by molar-refractivity contribution is 5.85. The maximum absolute atomic E-state index is 12.2. The lowest BCUT2D eigenvalue weighted by atomic mass is 10.1. The highest BCUT2D eigenvalue weighted by Crippen LogP contribution is 2.25. The second-order valence-electron chi connectivity index (χ2n) is 4.81. The van der Waals surface area contributed by atoms with Crippen molar-refractivity contribution in [3.05, 3.63) is 36.1 Å². The van der Waals surface area contributed by atoms with Crippen molar-refractivity contribution in [1.82, 2.24) is 4.90 Å². The van der Waals surface area contributed by atoms with Crippen LogP contribution in [0.4, 0.5) is 0 Å². The van der Waals surface area contributed by atoms with Gasteiger partial charge in [0.1, 0.15) is 11.3 Å². The van der Waals surface area contributed by atoms with Crippen LogP contribution < -0.4 is 0 Å². The Morgan fingerprint density at radius 2 is 2.05 bits per heavy atom. The zero-order chi connectivity index (χ0) is 14.7. The SMILES string of the molecule is CC(C(=O)N(C)CCC(=O)O)c1cc2ccccc2o1. The van der Waals surface area contributed by atoms with Crippen molar-refractivity contribution >= 4 is 22.8 Å². The molecule has 5 heteroatoms. The summed E-state index contributed by atoms with van der Waals surface area (Å²) in [7, 11) is 1.60. The maximum atomic E-state index is 12.2. The number of likely N-dealkylation sites (N-methyl/N-ethyl adjacent to an activating group) is 1. The van der Waals surface area contributed by atoms with Crippen LogP contribution in [0.2, 0.25) is 0 Å². The Morgan fingerprint density at radius 1 is 1.35 bits per heavy atom. The number of hydrogen-bond donors (Lipinski definition) is 1. The van der Waals surface area contributed by atoms with Crippen molar-refractivity contribution in [2.75, 3.05) is 13.6 Å². The summed E-state index contributed by atoms with van der Waals surface area (Å²) in [5.74, 6) is -0.897. The summed E-state index contributed by atoms with van der Waals surface area (Å²) in [4.78, 5) is 24.2. The predicted molar refractivity (Wildman–Crippen MR) is 74.5 cm³/mol. The fraction of sp³-hybridized carbons (Fsp3) is 0.333. The molecule has 0 saturated heterocycles. The summed E-state index contributed by atoms with van der Waals surface area (Å²) in [6.45, 7) is 1.95. The molecule has 1 N–H and O–H groups in total. The molecule has 1 amide bonds. The van der Waals surface area contributed by atoms with Crippen LogP contribution in [0.1, 0.15) is 25.0 Å². The lowest BCUT2D eigenvalue weighted by Crippen LogP contribution is -2.32. The van der Waals surface area contributed by atoms with E-state index in [-0.39, 0.29) is 18.9 Å². The first-order chi connectivity index (χ1) is 9.49. The van der Waals surface area contributed by atoms with Crippen LogP contribution in [0.5, 0.6) is 0 Å². The van der Waals surface area contributed by atoms with Crippen molar-refractivity contribution in [3.63, 3.8) is 0 Å². The first kappa shape index (κ1) is 14.1. The summed E-state index contributed by atoms with van der Waals surface area (Å²) in [5, 5.41) is 9.59. The molecule has 1 atom stereocenters. The first-order valence-corrected chi connectivity index (χ1v) is 6.44. The van der Waals surface area contributed by atoms with E-state index >= 15 is 0 Å². The summed E-state index contributed by atoms with van der Waals surface area (Å²) in [5.41, 5.74) is 0.746. The van der Waals surface area contributed by atoms with Gasteiger partial charge >= 0.3 is 5.97 Å². The Labute approximate surface area is 116 Å². The molecular formula is C15H17NO4. The Bertz CT molecular complexity index is 599. The van der Waals surface area contributed by atoms with Crippen LogP contribution in [-0.2, 0) is 9.59 Å². The van der Waals surface area contributed by atoms with Crippen molar-refractivity contribution in [2.45, 2.75) is 19.3 Å². The van der Waals surface area contributed by atoms with Gasteiger partial charge in [-0.2, -0.15) is 0 Å². The molecule has 2 aromatic rings. The molecule has 0 fully saturated rings. The smallest absolute Gasteiger partial charge is 0.305 e. The number of furan rings is 1. The molecule has 1 aromatic heterocycles. The lowest BCUT2D eigenvalue weighted by Gasteiger charge is -2.19. The summed E-state index contributed by atoms with van der Waals surface area (Å²) >= 11 is 0. The van der Waals surface area contributed by atoms with E-state index < -0.39 is 11.9 Å². The molecule has 5 nitrogen and oxygen atoms in total. The van der Waals surface area contributed by atoms with Crippen molar-refractivity contribution in [1.29, 1.82) is 0 Å². The third-order valence-electron chi connectivity index (χ3n) is 3.28. The minimum Gasteiger partial charge on any atom is -0.481 e. The van der Waals surface area contributed by atoms with Gasteiger partial charge < -0.3 is 14.4 Å². The molecule has 0 aliphatic heterocycles. The van der Waals surface area contributed by atoms with Crippen LogP contribution >= 0.6 is 0 Å². The molecule has 1 heterocycles. The molecule has 0 aliphatic carbocycles. The van der Waals surface area contributed by atoms with Gasteiger partial charge in [0.25, 0.3) is 0 Å². The topological polar surface area (TPSA) is 70.8 Å². The monoisotopic (exact) mass is 275 g/mol. The molecule has 0 bridgehead atoms. The third kappa shape index (κ3) is 2.99. The Kier molecular flexibility index (Phi) is 4.08. The van der Waals surface area contributed by atoms with E-state index in [2.05, 4.69) is 0 Å². The number of nitrogens with zero attached hydrogens (tertiary/aromatic N) is 1. The fourth-order valence-corrected chi connectivity index (χ4v) is 2.04. The van der Waals surface area contributed by atoms with E-state index in [1.54, 1.807) is 14.0 Å². The van der Waals surface area contributed by atoms with Gasteiger partial charge in [0.2, 0.25) is 5.91 Å². The Morgan fingerprint density at radius 3 is 2.70 bits per heavy atom. The third-order valence-corrected chi connectivity index (χ3v) is 3.28. The van der Waals surface area contributed by atoms with Gasteiger partial charge in [0.05, 0.1) is 12.3 Å². The maximum Gasteiger partial charge on any atom is 0.305 e. The standard InChI is InChI=1S/C15H17NO4/c1-10(15(19)16(2)8-7-14(17)18)13-9-11-5-3-4-6-12(11)20-13/h3-6,9-10H,7-8H2,1-2H3,(H,17,18). The number of carboxylic acid groups (broad SMARTS) is 1. The molecule has 0 spiro atoms. The minimum atomic E-state index is -0.916. The molecule has 20 heavy (non-hydrogen) atoms. The van der Waals surface area contributed by atoms with Crippen molar-refractivity contribution < 1.29 is 19.1 Å². The second kappa shape index (κ2) is 5.77. The number of para-hydroxylation sites is 1. The molecule has 106 valence electrons. The molecule has 1 aromatic carbocycles. The number of carbonyl (C=O) groups is 2. The predicted octanol–water partition coefficient (Wildman–Crippen LogP) is 2.47. The summed E-state index contributed by atoms with van der Waals surface area (Å²) in [6.07, 6.45) is -0.0604. The second-order valence-corrected chi connectivity index (χ2v) is 4.81. The lowest BCUT2D eigenvalue weighted by molar-refractivity contribution is -0.138. The molecule has 0 aliphatic rings. The number of carbonyl (C=O) groups excluding carboxylic acids is 1.